The molecule has 0 fully saturated rings. The minimum absolute atomic E-state index is 0.475. The molecule has 2 aromatic carbocycles. The lowest BCUT2D eigenvalue weighted by Gasteiger charge is -2.14. The van der Waals surface area contributed by atoms with Gasteiger partial charge in [0.2, 0.25) is 0 Å². The maximum atomic E-state index is 5.39. The van der Waals surface area contributed by atoms with Crippen molar-refractivity contribution < 1.29 is 0 Å². The Balaban J connectivity index is 1.62. The van der Waals surface area contributed by atoms with Gasteiger partial charge in [0, 0.05) is 18.4 Å². The van der Waals surface area contributed by atoms with E-state index in [1.807, 2.05) is 12.1 Å². The lowest BCUT2D eigenvalue weighted by atomic mass is 10.1. The number of rotatable bonds is 5. The van der Waals surface area contributed by atoms with Gasteiger partial charge in [0.1, 0.15) is 0 Å². The molecule has 0 atom stereocenters. The Kier molecular flexibility index (Phi) is 6.26. The van der Waals surface area contributed by atoms with Crippen LogP contribution >= 0.6 is 12.2 Å². The highest BCUT2D eigenvalue weighted by Gasteiger charge is 2.05. The van der Waals surface area contributed by atoms with Crippen LogP contribution in [0, 0.1) is 27.7 Å². The first-order valence-electron chi connectivity index (χ1n) is 9.31. The van der Waals surface area contributed by atoms with Gasteiger partial charge in [0.05, 0.1) is 11.9 Å². The van der Waals surface area contributed by atoms with Crippen molar-refractivity contribution in [2.75, 3.05) is 5.32 Å². The monoisotopic (exact) mass is 390 g/mol. The average molecular weight is 391 g/mol. The molecule has 0 spiro atoms. The largest absolute Gasteiger partial charge is 0.342 e. The molecule has 0 bridgehead atoms. The molecule has 0 aliphatic rings. The van der Waals surface area contributed by atoms with Crippen molar-refractivity contribution in [3.63, 3.8) is 0 Å². The summed E-state index contributed by atoms with van der Waals surface area (Å²) in [7, 11) is 0. The van der Waals surface area contributed by atoms with Crippen LogP contribution in [0.4, 0.5) is 5.69 Å². The van der Waals surface area contributed by atoms with Gasteiger partial charge in [-0.2, -0.15) is 5.10 Å². The van der Waals surface area contributed by atoms with Gasteiger partial charge in [-0.1, -0.05) is 47.5 Å². The summed E-state index contributed by atoms with van der Waals surface area (Å²) in [5, 5.41) is 8.02. The van der Waals surface area contributed by atoms with Gasteiger partial charge in [-0.15, -0.1) is 0 Å². The van der Waals surface area contributed by atoms with Gasteiger partial charge in [-0.3, -0.25) is 5.43 Å². The zero-order valence-electron chi connectivity index (χ0n) is 16.8. The minimum atomic E-state index is 0.475. The highest BCUT2D eigenvalue weighted by molar-refractivity contribution is 7.80. The SMILES string of the molecule is Cc1ccc(Cn2cccc2/C=N\NC(=S)Nc2c(C)cc(C)cc2C)cc1. The van der Waals surface area contributed by atoms with E-state index in [9.17, 15) is 0 Å². The maximum Gasteiger partial charge on any atom is 0.191 e. The molecule has 5 heteroatoms. The zero-order chi connectivity index (χ0) is 20.1. The van der Waals surface area contributed by atoms with Crippen molar-refractivity contribution >= 4 is 29.2 Å². The second-order valence-corrected chi connectivity index (χ2v) is 7.55. The number of nitrogens with one attached hydrogen (secondary N) is 2. The molecule has 0 aliphatic carbocycles. The number of hydrogen-bond acceptors (Lipinski definition) is 2. The second-order valence-electron chi connectivity index (χ2n) is 7.14. The lowest BCUT2D eigenvalue weighted by molar-refractivity contribution is 0.798. The summed E-state index contributed by atoms with van der Waals surface area (Å²) >= 11 is 5.39. The molecule has 0 aliphatic heterocycles. The Morgan fingerprint density at radius 2 is 1.68 bits per heavy atom. The quantitative estimate of drug-likeness (QED) is 0.362. The van der Waals surface area contributed by atoms with Gasteiger partial charge in [-0.05, 0) is 68.7 Å². The van der Waals surface area contributed by atoms with Crippen LogP contribution < -0.4 is 10.7 Å². The van der Waals surface area contributed by atoms with E-state index in [1.165, 1.54) is 16.7 Å². The number of thiocarbonyl (C=S) groups is 1. The van der Waals surface area contributed by atoms with Crippen molar-refractivity contribution in [1.82, 2.24) is 9.99 Å². The fourth-order valence-electron chi connectivity index (χ4n) is 3.25. The summed E-state index contributed by atoms with van der Waals surface area (Å²) in [4.78, 5) is 0. The predicted molar refractivity (Wildman–Crippen MR) is 122 cm³/mol. The van der Waals surface area contributed by atoms with Gasteiger partial charge >= 0.3 is 0 Å². The Morgan fingerprint density at radius 1 is 1.00 bits per heavy atom. The fraction of sp³-hybridized carbons (Fsp3) is 0.217. The van der Waals surface area contributed by atoms with Crippen LogP contribution in [-0.2, 0) is 6.54 Å². The van der Waals surface area contributed by atoms with E-state index < -0.39 is 0 Å². The van der Waals surface area contributed by atoms with Crippen molar-refractivity contribution in [2.24, 2.45) is 5.10 Å². The van der Waals surface area contributed by atoms with Crippen LogP contribution in [0.25, 0.3) is 0 Å². The van der Waals surface area contributed by atoms with Crippen LogP contribution in [0.2, 0.25) is 0 Å². The molecular weight excluding hydrogens is 364 g/mol. The topological polar surface area (TPSA) is 41.4 Å². The first-order valence-corrected chi connectivity index (χ1v) is 9.72. The maximum absolute atomic E-state index is 5.39. The van der Waals surface area contributed by atoms with E-state index >= 15 is 0 Å². The van der Waals surface area contributed by atoms with Crippen LogP contribution in [0.15, 0.2) is 59.8 Å². The van der Waals surface area contributed by atoms with Crippen molar-refractivity contribution in [1.29, 1.82) is 0 Å². The molecule has 0 unspecified atom stereocenters. The number of hydrogen-bond donors (Lipinski definition) is 2. The fourth-order valence-corrected chi connectivity index (χ4v) is 3.41. The number of aromatic nitrogens is 1. The Hall–Kier alpha value is -2.92. The third kappa shape index (κ3) is 5.08. The summed E-state index contributed by atoms with van der Waals surface area (Å²) in [5.41, 5.74) is 11.0. The lowest BCUT2D eigenvalue weighted by Crippen LogP contribution is -2.25. The molecule has 144 valence electrons. The molecule has 4 nitrogen and oxygen atoms in total. The third-order valence-corrected chi connectivity index (χ3v) is 4.81. The summed E-state index contributed by atoms with van der Waals surface area (Å²) < 4.78 is 2.15. The number of hydrazone groups is 1. The van der Waals surface area contributed by atoms with Gasteiger partial charge < -0.3 is 9.88 Å². The van der Waals surface area contributed by atoms with Gasteiger partial charge in [0.15, 0.2) is 5.11 Å². The first-order chi connectivity index (χ1) is 13.4. The second kappa shape index (κ2) is 8.85. The van der Waals surface area contributed by atoms with Crippen LogP contribution in [-0.4, -0.2) is 15.9 Å². The third-order valence-electron chi connectivity index (χ3n) is 4.62. The number of aryl methyl sites for hydroxylation is 4. The molecule has 1 heterocycles. The highest BCUT2D eigenvalue weighted by Crippen LogP contribution is 2.21. The molecular formula is C23H26N4S. The zero-order valence-corrected chi connectivity index (χ0v) is 17.6. The first kappa shape index (κ1) is 19.8. The number of nitrogens with zero attached hydrogens (tertiary/aromatic N) is 2. The van der Waals surface area contributed by atoms with E-state index in [-0.39, 0.29) is 0 Å². The molecule has 0 saturated carbocycles. The van der Waals surface area contributed by atoms with Crippen LogP contribution in [0.1, 0.15) is 33.5 Å². The van der Waals surface area contributed by atoms with E-state index in [0.717, 1.165) is 29.1 Å². The van der Waals surface area contributed by atoms with E-state index in [1.54, 1.807) is 6.21 Å². The van der Waals surface area contributed by atoms with E-state index in [2.05, 4.69) is 90.7 Å². The van der Waals surface area contributed by atoms with E-state index in [4.69, 9.17) is 12.2 Å². The molecule has 0 amide bonds. The Labute approximate surface area is 172 Å². The summed E-state index contributed by atoms with van der Waals surface area (Å²) in [6.07, 6.45) is 3.84. The Bertz CT molecular complexity index is 977. The highest BCUT2D eigenvalue weighted by atomic mass is 32.1. The van der Waals surface area contributed by atoms with Crippen molar-refractivity contribution in [2.45, 2.75) is 34.2 Å². The molecule has 28 heavy (non-hydrogen) atoms. The summed E-state index contributed by atoms with van der Waals surface area (Å²) in [5.74, 6) is 0. The van der Waals surface area contributed by atoms with Gasteiger partial charge in [-0.25, -0.2) is 0 Å². The Morgan fingerprint density at radius 3 is 2.36 bits per heavy atom. The van der Waals surface area contributed by atoms with Gasteiger partial charge in [0.25, 0.3) is 0 Å². The molecule has 1 aromatic heterocycles. The van der Waals surface area contributed by atoms with Crippen LogP contribution in [0.5, 0.6) is 0 Å². The molecule has 2 N–H and O–H groups in total. The van der Waals surface area contributed by atoms with Crippen molar-refractivity contribution in [3.05, 3.63) is 88.2 Å². The molecule has 0 saturated heterocycles. The number of benzene rings is 2. The average Bonchev–Trinajstić information content (AvgIpc) is 3.07. The van der Waals surface area contributed by atoms with E-state index in [0.29, 0.717) is 5.11 Å². The van der Waals surface area contributed by atoms with Crippen molar-refractivity contribution in [3.8, 4) is 0 Å². The molecule has 3 rings (SSSR count). The molecule has 0 radical (unpaired) electrons. The van der Waals surface area contributed by atoms with Crippen LogP contribution in [0.3, 0.4) is 0 Å². The minimum Gasteiger partial charge on any atom is -0.342 e. The standard InChI is InChI=1S/C23H26N4S/c1-16-7-9-20(10-8-16)15-27-11-5-6-21(27)14-24-26-23(28)25-22-18(3)12-17(2)13-19(22)4/h5-14H,15H2,1-4H3,(H2,25,26,28)/b24-14-. The number of anilines is 1. The molecule has 3 aromatic rings. The summed E-state index contributed by atoms with van der Waals surface area (Å²) in [6, 6.07) is 16.9. The smallest absolute Gasteiger partial charge is 0.191 e. The summed E-state index contributed by atoms with van der Waals surface area (Å²) in [6.45, 7) is 9.15. The normalized spacial score (nSPS) is 11.0. The predicted octanol–water partition coefficient (Wildman–Crippen LogP) is 5.09.